The fraction of sp³-hybridized carbons (Fsp3) is 0.333. The molecule has 9 heteroatoms. The highest BCUT2D eigenvalue weighted by molar-refractivity contribution is 8.00. The number of benzene rings is 2. The topological polar surface area (TPSA) is 86.8 Å². The maximum absolute atomic E-state index is 12.9. The van der Waals surface area contributed by atoms with Crippen LogP contribution in [0.1, 0.15) is 43.3 Å². The summed E-state index contributed by atoms with van der Waals surface area (Å²) < 4.78 is 2.09. The van der Waals surface area contributed by atoms with Gasteiger partial charge in [-0.1, -0.05) is 60.6 Å². The molecule has 0 aliphatic carbocycles. The molecule has 7 nitrogen and oxygen atoms in total. The first-order chi connectivity index (χ1) is 15.8. The summed E-state index contributed by atoms with van der Waals surface area (Å²) in [7, 11) is 4.06. The van der Waals surface area contributed by atoms with Gasteiger partial charge in [0.15, 0.2) is 11.0 Å². The third kappa shape index (κ3) is 6.14. The van der Waals surface area contributed by atoms with E-state index in [1.54, 1.807) is 18.2 Å². The minimum Gasteiger partial charge on any atom is -0.325 e. The zero-order valence-corrected chi connectivity index (χ0v) is 20.7. The number of nitrogens with one attached hydrogen (secondary N) is 1. The monoisotopic (exact) mass is 482 g/mol. The van der Waals surface area contributed by atoms with Gasteiger partial charge in [0.05, 0.1) is 28.4 Å². The van der Waals surface area contributed by atoms with Crippen LogP contribution in [0.2, 0.25) is 5.02 Å². The third-order valence-electron chi connectivity index (χ3n) is 5.25. The van der Waals surface area contributed by atoms with Crippen LogP contribution < -0.4 is 5.32 Å². The number of hydrogen-bond donors (Lipinski definition) is 1. The van der Waals surface area contributed by atoms with Crippen molar-refractivity contribution in [2.24, 2.45) is 0 Å². The van der Waals surface area contributed by atoms with E-state index in [1.165, 1.54) is 11.8 Å². The van der Waals surface area contributed by atoms with E-state index in [-0.39, 0.29) is 11.9 Å². The van der Waals surface area contributed by atoms with Crippen molar-refractivity contribution in [1.82, 2.24) is 19.7 Å². The highest BCUT2D eigenvalue weighted by atomic mass is 35.5. The summed E-state index contributed by atoms with van der Waals surface area (Å²) in [6, 6.07) is 17.1. The molecule has 0 saturated heterocycles. The van der Waals surface area contributed by atoms with Gasteiger partial charge in [0.2, 0.25) is 5.91 Å². The Kier molecular flexibility index (Phi) is 8.50. The normalized spacial score (nSPS) is 12.9. The van der Waals surface area contributed by atoms with Gasteiger partial charge in [0.1, 0.15) is 6.07 Å². The molecule has 1 heterocycles. The van der Waals surface area contributed by atoms with Crippen molar-refractivity contribution in [3.05, 3.63) is 70.5 Å². The molecule has 0 radical (unpaired) electrons. The van der Waals surface area contributed by atoms with Crippen molar-refractivity contribution in [2.75, 3.05) is 19.4 Å². The molecule has 0 aliphatic rings. The Labute approximate surface area is 203 Å². The van der Waals surface area contributed by atoms with E-state index in [2.05, 4.69) is 44.0 Å². The van der Waals surface area contributed by atoms with Crippen molar-refractivity contribution in [2.45, 2.75) is 43.3 Å². The first-order valence-corrected chi connectivity index (χ1v) is 11.9. The average Bonchev–Trinajstić information content (AvgIpc) is 3.16. The van der Waals surface area contributed by atoms with Crippen LogP contribution in [0.15, 0.2) is 53.7 Å². The molecular weight excluding hydrogens is 456 g/mol. The van der Waals surface area contributed by atoms with Crippen molar-refractivity contribution < 1.29 is 4.79 Å². The zero-order valence-electron chi connectivity index (χ0n) is 19.1. The van der Waals surface area contributed by atoms with Crippen molar-refractivity contribution in [3.8, 4) is 6.07 Å². The second kappa shape index (κ2) is 11.3. The second-order valence-electron chi connectivity index (χ2n) is 7.86. The Bertz CT molecular complexity index is 1140. The van der Waals surface area contributed by atoms with Gasteiger partial charge in [-0.2, -0.15) is 5.26 Å². The molecule has 2 atom stereocenters. The summed E-state index contributed by atoms with van der Waals surface area (Å²) in [6.45, 7) is 4.57. The molecule has 0 aliphatic heterocycles. The van der Waals surface area contributed by atoms with Crippen LogP contribution in [0.4, 0.5) is 5.69 Å². The largest absolute Gasteiger partial charge is 0.325 e. The number of rotatable bonds is 9. The number of aromatic nitrogens is 3. The van der Waals surface area contributed by atoms with Crippen LogP contribution >= 0.6 is 23.4 Å². The van der Waals surface area contributed by atoms with Gasteiger partial charge in [-0.05, 0) is 51.2 Å². The maximum Gasteiger partial charge on any atom is 0.237 e. The van der Waals surface area contributed by atoms with Crippen LogP contribution in [0.5, 0.6) is 0 Å². The summed E-state index contributed by atoms with van der Waals surface area (Å²) >= 11 is 7.45. The SMILES string of the molecule is CCC(c1nnc(SC(C)C(=O)Nc2ccc(C#N)c(Cl)c2)n1Cc1ccccc1)N(C)C. The number of halogens is 1. The quantitative estimate of drug-likeness (QED) is 0.432. The van der Waals surface area contributed by atoms with E-state index in [0.29, 0.717) is 28.0 Å². The Morgan fingerprint density at radius 1 is 1.24 bits per heavy atom. The average molecular weight is 483 g/mol. The lowest BCUT2D eigenvalue weighted by atomic mass is 10.2. The molecular formula is C24H27ClN6OS. The predicted octanol–water partition coefficient (Wildman–Crippen LogP) is 4.98. The Balaban J connectivity index is 1.82. The number of carbonyl (C=O) groups excluding carboxylic acids is 1. The van der Waals surface area contributed by atoms with Gasteiger partial charge in [0.25, 0.3) is 0 Å². The van der Waals surface area contributed by atoms with Gasteiger partial charge in [-0.3, -0.25) is 9.69 Å². The lowest BCUT2D eigenvalue weighted by Crippen LogP contribution is -2.25. The van der Waals surface area contributed by atoms with Crippen molar-refractivity contribution in [1.29, 1.82) is 5.26 Å². The molecule has 2 aromatic carbocycles. The fourth-order valence-corrected chi connectivity index (χ4v) is 4.54. The van der Waals surface area contributed by atoms with E-state index >= 15 is 0 Å². The van der Waals surface area contributed by atoms with Gasteiger partial charge < -0.3 is 9.88 Å². The third-order valence-corrected chi connectivity index (χ3v) is 6.64. The van der Waals surface area contributed by atoms with E-state index in [0.717, 1.165) is 17.8 Å². The smallest absolute Gasteiger partial charge is 0.237 e. The number of hydrogen-bond acceptors (Lipinski definition) is 6. The molecule has 1 amide bonds. The van der Waals surface area contributed by atoms with Gasteiger partial charge in [-0.15, -0.1) is 10.2 Å². The Morgan fingerprint density at radius 3 is 2.58 bits per heavy atom. The van der Waals surface area contributed by atoms with Gasteiger partial charge in [0, 0.05) is 5.69 Å². The first kappa shape index (κ1) is 24.8. The maximum atomic E-state index is 12.9. The van der Waals surface area contributed by atoms with E-state index in [9.17, 15) is 4.79 Å². The van der Waals surface area contributed by atoms with Crippen LogP contribution in [-0.2, 0) is 11.3 Å². The lowest BCUT2D eigenvalue weighted by Gasteiger charge is -2.23. The summed E-state index contributed by atoms with van der Waals surface area (Å²) in [5.74, 6) is 0.691. The van der Waals surface area contributed by atoms with E-state index in [1.807, 2.05) is 45.3 Å². The molecule has 1 aromatic heterocycles. The number of nitrogens with zero attached hydrogens (tertiary/aromatic N) is 5. The Hall–Kier alpha value is -2.86. The molecule has 172 valence electrons. The molecule has 2 unspecified atom stereocenters. The molecule has 1 N–H and O–H groups in total. The number of nitriles is 1. The lowest BCUT2D eigenvalue weighted by molar-refractivity contribution is -0.115. The van der Waals surface area contributed by atoms with E-state index < -0.39 is 5.25 Å². The molecule has 0 fully saturated rings. The van der Waals surface area contributed by atoms with Gasteiger partial charge in [-0.25, -0.2) is 0 Å². The number of amides is 1. The van der Waals surface area contributed by atoms with Crippen LogP contribution in [0.3, 0.4) is 0 Å². The van der Waals surface area contributed by atoms with E-state index in [4.69, 9.17) is 16.9 Å². The van der Waals surface area contributed by atoms with Crippen molar-refractivity contribution >= 4 is 35.0 Å². The zero-order chi connectivity index (χ0) is 24.0. The summed E-state index contributed by atoms with van der Waals surface area (Å²) in [5, 5.41) is 21.4. The standard InChI is InChI=1S/C24H27ClN6OS/c1-5-21(30(3)4)22-28-29-24(31(22)15-17-9-7-6-8-10-17)33-16(2)23(32)27-19-12-11-18(14-26)20(25)13-19/h6-13,16,21H,5,15H2,1-4H3,(H,27,32). The molecule has 0 bridgehead atoms. The minimum absolute atomic E-state index is 0.112. The molecule has 0 saturated carbocycles. The number of anilines is 1. The van der Waals surface area contributed by atoms with Gasteiger partial charge >= 0.3 is 0 Å². The number of thioether (sulfide) groups is 1. The van der Waals surface area contributed by atoms with Crippen LogP contribution in [0.25, 0.3) is 0 Å². The van der Waals surface area contributed by atoms with Crippen LogP contribution in [-0.4, -0.2) is 44.9 Å². The number of carbonyl (C=O) groups is 1. The minimum atomic E-state index is -0.426. The highest BCUT2D eigenvalue weighted by Crippen LogP contribution is 2.29. The second-order valence-corrected chi connectivity index (χ2v) is 9.57. The summed E-state index contributed by atoms with van der Waals surface area (Å²) in [4.78, 5) is 15.0. The molecule has 33 heavy (non-hydrogen) atoms. The fourth-order valence-electron chi connectivity index (χ4n) is 3.47. The molecule has 3 rings (SSSR count). The Morgan fingerprint density at radius 2 is 1.97 bits per heavy atom. The predicted molar refractivity (Wildman–Crippen MR) is 132 cm³/mol. The summed E-state index contributed by atoms with van der Waals surface area (Å²) in [5.41, 5.74) is 2.05. The van der Waals surface area contributed by atoms with Crippen molar-refractivity contribution in [3.63, 3.8) is 0 Å². The summed E-state index contributed by atoms with van der Waals surface area (Å²) in [6.07, 6.45) is 0.889. The van der Waals surface area contributed by atoms with Crippen LogP contribution in [0, 0.1) is 11.3 Å². The highest BCUT2D eigenvalue weighted by Gasteiger charge is 2.25. The first-order valence-electron chi connectivity index (χ1n) is 10.6. The molecule has 0 spiro atoms. The molecule has 3 aromatic rings.